The maximum absolute atomic E-state index is 11.6. The Hall–Kier alpha value is -1.82. The fraction of sp³-hybridized carbons (Fsp3) is 0.455. The number of nitrogens with one attached hydrogen (secondary N) is 1. The molecule has 0 aliphatic heterocycles. The Kier molecular flexibility index (Phi) is 4.71. The van der Waals surface area contributed by atoms with Crippen molar-refractivity contribution in [2.24, 2.45) is 0 Å². The summed E-state index contributed by atoms with van der Waals surface area (Å²) in [4.78, 5) is 22.4. The summed E-state index contributed by atoms with van der Waals surface area (Å²) in [5.74, 6) is -1.05. The highest BCUT2D eigenvalue weighted by molar-refractivity contribution is 5.94. The fourth-order valence-electron chi connectivity index (χ4n) is 1.31. The normalized spacial score (nSPS) is 12.1. The molecule has 0 radical (unpaired) electrons. The highest BCUT2D eigenvalue weighted by atomic mass is 16.4. The van der Waals surface area contributed by atoms with Crippen molar-refractivity contribution in [2.45, 2.75) is 25.8 Å². The van der Waals surface area contributed by atoms with Crippen molar-refractivity contribution in [3.63, 3.8) is 0 Å². The van der Waals surface area contributed by atoms with Crippen LogP contribution in [0.4, 0.5) is 0 Å². The largest absolute Gasteiger partial charge is 0.480 e. The molecule has 0 spiro atoms. The number of hydrogen-bond donors (Lipinski definition) is 3. The molecule has 6 heteroatoms. The van der Waals surface area contributed by atoms with Crippen LogP contribution in [0.2, 0.25) is 0 Å². The monoisotopic (exact) mass is 241 g/mol. The Morgan fingerprint density at radius 2 is 2.18 bits per heavy atom. The molecule has 0 saturated carbocycles. The van der Waals surface area contributed by atoms with Gasteiger partial charge in [0.2, 0.25) is 0 Å². The summed E-state index contributed by atoms with van der Waals surface area (Å²) >= 11 is 0. The molecule has 0 aliphatic rings. The molecule has 1 atom stereocenters. The Morgan fingerprint density at radius 1 is 1.47 bits per heavy atom. The lowest BCUT2D eigenvalue weighted by Crippen LogP contribution is -2.41. The van der Waals surface area contributed by atoms with Gasteiger partial charge >= 0.3 is 5.97 Å². The van der Waals surface area contributed by atoms with Gasteiger partial charge in [-0.05, 0) is 12.1 Å². The second-order valence-corrected chi connectivity index (χ2v) is 3.50. The van der Waals surface area contributed by atoms with E-state index in [0.717, 1.165) is 0 Å². The minimum atomic E-state index is -1.19. The lowest BCUT2D eigenvalue weighted by atomic mass is 10.2. The van der Waals surface area contributed by atoms with Gasteiger partial charge in [-0.1, -0.05) is 6.92 Å². The van der Waals surface area contributed by atoms with Crippen LogP contribution in [-0.2, 0) is 11.2 Å². The van der Waals surface area contributed by atoms with E-state index in [2.05, 4.69) is 5.32 Å². The van der Waals surface area contributed by atoms with Crippen LogP contribution in [0.15, 0.2) is 16.5 Å². The van der Waals surface area contributed by atoms with Crippen molar-refractivity contribution in [3.8, 4) is 0 Å². The van der Waals surface area contributed by atoms with E-state index >= 15 is 0 Å². The molecular weight excluding hydrogens is 226 g/mol. The zero-order valence-corrected chi connectivity index (χ0v) is 9.47. The van der Waals surface area contributed by atoms with Crippen LogP contribution < -0.4 is 5.32 Å². The van der Waals surface area contributed by atoms with Gasteiger partial charge in [0.15, 0.2) is 5.76 Å². The highest BCUT2D eigenvalue weighted by Crippen LogP contribution is 2.08. The molecule has 17 heavy (non-hydrogen) atoms. The molecule has 1 aromatic heterocycles. The van der Waals surface area contributed by atoms with Crippen LogP contribution in [0.5, 0.6) is 0 Å². The molecule has 0 aliphatic carbocycles. The minimum Gasteiger partial charge on any atom is -0.480 e. The fourth-order valence-corrected chi connectivity index (χ4v) is 1.31. The predicted molar refractivity (Wildman–Crippen MR) is 58.7 cm³/mol. The first kappa shape index (κ1) is 13.2. The van der Waals surface area contributed by atoms with E-state index in [1.165, 1.54) is 6.07 Å². The first-order valence-electron chi connectivity index (χ1n) is 5.31. The van der Waals surface area contributed by atoms with Crippen molar-refractivity contribution < 1.29 is 24.2 Å². The van der Waals surface area contributed by atoms with Gasteiger partial charge < -0.3 is 19.9 Å². The van der Waals surface area contributed by atoms with Crippen LogP contribution >= 0.6 is 0 Å². The third-order valence-electron chi connectivity index (χ3n) is 2.26. The second-order valence-electron chi connectivity index (χ2n) is 3.50. The molecule has 0 fully saturated rings. The molecule has 1 heterocycles. The summed E-state index contributed by atoms with van der Waals surface area (Å²) in [6.45, 7) is 1.57. The number of furan rings is 1. The van der Waals surface area contributed by atoms with Gasteiger partial charge in [0.05, 0.1) is 0 Å². The van der Waals surface area contributed by atoms with Crippen LogP contribution in [0.3, 0.4) is 0 Å². The first-order chi connectivity index (χ1) is 8.08. The zero-order chi connectivity index (χ0) is 12.8. The van der Waals surface area contributed by atoms with Crippen molar-refractivity contribution in [3.05, 3.63) is 23.7 Å². The summed E-state index contributed by atoms with van der Waals surface area (Å²) in [7, 11) is 0. The number of carboxylic acids is 1. The molecule has 0 aromatic carbocycles. The lowest BCUT2D eigenvalue weighted by molar-refractivity contribution is -0.139. The highest BCUT2D eigenvalue weighted by Gasteiger charge is 2.21. The molecule has 6 nitrogen and oxygen atoms in total. The molecular formula is C11H15NO5. The number of aliphatic hydroxyl groups is 1. The molecule has 0 bridgehead atoms. The van der Waals surface area contributed by atoms with Gasteiger partial charge in [0.1, 0.15) is 11.8 Å². The number of hydrogen-bond acceptors (Lipinski definition) is 4. The van der Waals surface area contributed by atoms with Crippen LogP contribution in [-0.4, -0.2) is 34.7 Å². The molecule has 0 unspecified atom stereocenters. The minimum absolute atomic E-state index is 0.0393. The Morgan fingerprint density at radius 3 is 2.65 bits per heavy atom. The molecule has 0 saturated heterocycles. The average Bonchev–Trinajstić information content (AvgIpc) is 2.76. The van der Waals surface area contributed by atoms with Gasteiger partial charge in [-0.15, -0.1) is 0 Å². The molecule has 94 valence electrons. The quantitative estimate of drug-likeness (QED) is 0.669. The number of aliphatic hydroxyl groups excluding tert-OH is 1. The summed E-state index contributed by atoms with van der Waals surface area (Å²) in [6, 6.07) is 2.05. The SMILES string of the molecule is CCc1ccc(C(=O)N[C@@H](CCO)C(=O)O)o1. The van der Waals surface area contributed by atoms with E-state index in [1.54, 1.807) is 6.07 Å². The summed E-state index contributed by atoms with van der Waals surface area (Å²) in [5.41, 5.74) is 0. The molecule has 3 N–H and O–H groups in total. The second kappa shape index (κ2) is 6.05. The topological polar surface area (TPSA) is 99.8 Å². The third-order valence-corrected chi connectivity index (χ3v) is 2.26. The lowest BCUT2D eigenvalue weighted by Gasteiger charge is -2.11. The van der Waals surface area contributed by atoms with Gasteiger partial charge in [-0.25, -0.2) is 4.79 Å². The number of carbonyl (C=O) groups excluding carboxylic acids is 1. The number of amides is 1. The number of rotatable bonds is 6. The summed E-state index contributed by atoms with van der Waals surface area (Å²) in [6.07, 6.45) is 0.620. The smallest absolute Gasteiger partial charge is 0.326 e. The number of carboxylic acid groups (broad SMARTS) is 1. The van der Waals surface area contributed by atoms with E-state index in [9.17, 15) is 9.59 Å². The third kappa shape index (κ3) is 3.60. The predicted octanol–water partition coefficient (Wildman–Crippen LogP) is 0.407. The van der Waals surface area contributed by atoms with Crippen molar-refractivity contribution >= 4 is 11.9 Å². The van der Waals surface area contributed by atoms with E-state index in [1.807, 2.05) is 6.92 Å². The van der Waals surface area contributed by atoms with E-state index in [0.29, 0.717) is 12.2 Å². The molecule has 1 aromatic rings. The molecule has 1 rings (SSSR count). The number of aliphatic carboxylic acids is 1. The van der Waals surface area contributed by atoms with Gasteiger partial charge in [0, 0.05) is 19.4 Å². The number of carbonyl (C=O) groups is 2. The summed E-state index contributed by atoms with van der Waals surface area (Å²) < 4.78 is 5.19. The standard InChI is InChI=1S/C11H15NO5/c1-2-7-3-4-9(17-7)10(14)12-8(5-6-13)11(15)16/h3-4,8,13H,2,5-6H2,1H3,(H,12,14)(H,15,16)/t8-/m0/s1. The van der Waals surface area contributed by atoms with Crippen molar-refractivity contribution in [2.75, 3.05) is 6.61 Å². The van der Waals surface area contributed by atoms with Crippen LogP contribution in [0, 0.1) is 0 Å². The van der Waals surface area contributed by atoms with Crippen LogP contribution in [0.1, 0.15) is 29.7 Å². The maximum atomic E-state index is 11.6. The van der Waals surface area contributed by atoms with Gasteiger partial charge in [-0.3, -0.25) is 4.79 Å². The van der Waals surface area contributed by atoms with Gasteiger partial charge in [0.25, 0.3) is 5.91 Å². The van der Waals surface area contributed by atoms with Crippen LogP contribution in [0.25, 0.3) is 0 Å². The zero-order valence-electron chi connectivity index (χ0n) is 9.47. The van der Waals surface area contributed by atoms with Gasteiger partial charge in [-0.2, -0.15) is 0 Å². The summed E-state index contributed by atoms with van der Waals surface area (Å²) in [5, 5.41) is 19.7. The first-order valence-corrected chi connectivity index (χ1v) is 5.31. The Balaban J connectivity index is 2.66. The Labute approximate surface area is 98.2 Å². The van der Waals surface area contributed by atoms with E-state index in [-0.39, 0.29) is 18.8 Å². The maximum Gasteiger partial charge on any atom is 0.326 e. The molecule has 1 amide bonds. The van der Waals surface area contributed by atoms with E-state index < -0.39 is 17.9 Å². The Bertz CT molecular complexity index is 398. The van der Waals surface area contributed by atoms with Crippen molar-refractivity contribution in [1.82, 2.24) is 5.32 Å². The van der Waals surface area contributed by atoms with E-state index in [4.69, 9.17) is 14.6 Å². The van der Waals surface area contributed by atoms with Crippen molar-refractivity contribution in [1.29, 1.82) is 0 Å². The average molecular weight is 241 g/mol. The number of aryl methyl sites for hydroxylation is 1.